The summed E-state index contributed by atoms with van der Waals surface area (Å²) in [4.78, 5) is 27.2. The fraction of sp³-hybridized carbons (Fsp3) is 0.0526. The Morgan fingerprint density at radius 3 is 2.58 bits per heavy atom. The van der Waals surface area contributed by atoms with Gasteiger partial charge in [0.25, 0.3) is 0 Å². The van der Waals surface area contributed by atoms with Gasteiger partial charge in [-0.2, -0.15) is 0 Å². The van der Waals surface area contributed by atoms with Crippen molar-refractivity contribution in [2.75, 3.05) is 0 Å². The summed E-state index contributed by atoms with van der Waals surface area (Å²) in [6.07, 6.45) is 0.901. The average molecular weight is 447 g/mol. The first-order valence-electron chi connectivity index (χ1n) is 8.52. The van der Waals surface area contributed by atoms with Crippen LogP contribution in [0.3, 0.4) is 0 Å². The number of aromatic hydroxyl groups is 2. The van der Waals surface area contributed by atoms with Crippen LogP contribution in [0, 0.1) is 28.7 Å². The van der Waals surface area contributed by atoms with Gasteiger partial charge in [-0.25, -0.2) is 13.8 Å². The molecule has 0 saturated carbocycles. The number of furan rings is 1. The number of ketones is 1. The number of nitrogens with zero attached hydrogens (tertiary/aromatic N) is 3. The third-order valence-corrected chi connectivity index (χ3v) is 5.28. The highest BCUT2D eigenvalue weighted by atomic mass is 32.1. The Morgan fingerprint density at radius 2 is 2.00 bits per heavy atom. The van der Waals surface area contributed by atoms with Crippen molar-refractivity contribution in [3.8, 4) is 28.0 Å². The lowest BCUT2D eigenvalue weighted by molar-refractivity contribution is -0.380. The molecule has 158 valence electrons. The van der Waals surface area contributed by atoms with Crippen LogP contribution in [-0.2, 0) is 0 Å². The number of aryl methyl sites for hydroxylation is 1. The van der Waals surface area contributed by atoms with Crippen molar-refractivity contribution in [1.82, 2.24) is 9.55 Å². The molecule has 0 atom stereocenters. The summed E-state index contributed by atoms with van der Waals surface area (Å²) in [5, 5.41) is 31.5. The number of aromatic nitrogens is 2. The molecule has 0 unspecified atom stereocenters. The van der Waals surface area contributed by atoms with Gasteiger partial charge in [0.1, 0.15) is 23.6 Å². The molecule has 0 radical (unpaired) electrons. The molecule has 4 rings (SSSR count). The largest absolute Gasteiger partial charge is 0.503 e. The second kappa shape index (κ2) is 7.32. The molecule has 0 aliphatic rings. The van der Waals surface area contributed by atoms with Gasteiger partial charge in [-0.3, -0.25) is 19.5 Å². The topological polar surface area (TPSA) is 132 Å². The van der Waals surface area contributed by atoms with Gasteiger partial charge in [0.2, 0.25) is 16.8 Å². The van der Waals surface area contributed by atoms with Gasteiger partial charge in [-0.05, 0) is 42.5 Å². The number of nitro groups is 1. The van der Waals surface area contributed by atoms with Gasteiger partial charge < -0.3 is 14.6 Å². The summed E-state index contributed by atoms with van der Waals surface area (Å²) >= 11 is 0.510. The van der Waals surface area contributed by atoms with Crippen LogP contribution in [-0.4, -0.2) is 30.5 Å². The molecule has 0 aliphatic heterocycles. The molecular formula is C19H11F2N3O6S. The molecule has 4 aromatic rings. The molecule has 0 spiro atoms. The zero-order chi connectivity index (χ0) is 22.4. The van der Waals surface area contributed by atoms with Crippen LogP contribution in [0.4, 0.5) is 13.8 Å². The van der Waals surface area contributed by atoms with Gasteiger partial charge in [0.15, 0.2) is 11.5 Å². The van der Waals surface area contributed by atoms with E-state index in [4.69, 9.17) is 4.42 Å². The molecule has 3 aromatic heterocycles. The SMILES string of the molecule is Cc1ccc(C(=O)c2c(O)c(O)n(-c3ncc([N+](=O)[O-])s3)c2-c2ccc(F)cc2F)o1. The molecule has 12 heteroatoms. The van der Waals surface area contributed by atoms with E-state index in [1.807, 2.05) is 0 Å². The van der Waals surface area contributed by atoms with Gasteiger partial charge >= 0.3 is 5.00 Å². The third kappa shape index (κ3) is 3.32. The molecule has 2 N–H and O–H groups in total. The van der Waals surface area contributed by atoms with Gasteiger partial charge in [0.05, 0.1) is 16.2 Å². The predicted molar refractivity (Wildman–Crippen MR) is 104 cm³/mol. The first-order valence-corrected chi connectivity index (χ1v) is 9.34. The number of rotatable bonds is 5. The summed E-state index contributed by atoms with van der Waals surface area (Å²) in [6, 6.07) is 5.28. The van der Waals surface area contributed by atoms with Crippen molar-refractivity contribution >= 4 is 22.1 Å². The Labute approximate surface area is 175 Å². The van der Waals surface area contributed by atoms with Crippen LogP contribution in [0.2, 0.25) is 0 Å². The van der Waals surface area contributed by atoms with Crippen molar-refractivity contribution in [3.05, 3.63) is 75.4 Å². The normalized spacial score (nSPS) is 11.1. The maximum absolute atomic E-state index is 14.7. The van der Waals surface area contributed by atoms with Crippen LogP contribution in [0.5, 0.6) is 11.6 Å². The van der Waals surface area contributed by atoms with Gasteiger partial charge in [-0.15, -0.1) is 0 Å². The van der Waals surface area contributed by atoms with Crippen LogP contribution < -0.4 is 0 Å². The van der Waals surface area contributed by atoms with E-state index in [1.54, 1.807) is 6.92 Å². The molecular weight excluding hydrogens is 436 g/mol. The van der Waals surface area contributed by atoms with Crippen LogP contribution in [0.15, 0.2) is 40.9 Å². The maximum Gasteiger partial charge on any atom is 0.345 e. The van der Waals surface area contributed by atoms with Crippen molar-refractivity contribution in [1.29, 1.82) is 0 Å². The van der Waals surface area contributed by atoms with Crippen molar-refractivity contribution in [3.63, 3.8) is 0 Å². The monoisotopic (exact) mass is 447 g/mol. The summed E-state index contributed by atoms with van der Waals surface area (Å²) in [5.74, 6) is -4.55. The van der Waals surface area contributed by atoms with Crippen LogP contribution in [0.1, 0.15) is 21.9 Å². The zero-order valence-electron chi connectivity index (χ0n) is 15.5. The Bertz CT molecular complexity index is 1360. The molecule has 1 aromatic carbocycles. The lowest BCUT2D eigenvalue weighted by Crippen LogP contribution is -2.05. The van der Waals surface area contributed by atoms with Crippen LogP contribution >= 0.6 is 11.3 Å². The van der Waals surface area contributed by atoms with E-state index in [9.17, 15) is 33.9 Å². The van der Waals surface area contributed by atoms with E-state index in [0.29, 0.717) is 23.2 Å². The first-order chi connectivity index (χ1) is 14.7. The van der Waals surface area contributed by atoms with Crippen molar-refractivity contribution < 1.29 is 33.1 Å². The van der Waals surface area contributed by atoms with Crippen LogP contribution in [0.25, 0.3) is 16.4 Å². The fourth-order valence-electron chi connectivity index (χ4n) is 3.01. The standard InChI is InChI=1S/C19H11F2N3O6S/c1-8-2-5-12(30-8)16(25)14-15(10-4-3-9(20)6-11(10)21)23(18(27)17(14)26)19-22-7-13(31-19)24(28)29/h2-7,26-27H,1H3. The number of carbonyl (C=O) groups excluding carboxylic acids is 1. The minimum Gasteiger partial charge on any atom is -0.503 e. The number of halogens is 2. The predicted octanol–water partition coefficient (Wildman–Crippen LogP) is 4.33. The Morgan fingerprint density at radius 1 is 1.26 bits per heavy atom. The quantitative estimate of drug-likeness (QED) is 0.264. The Balaban J connectivity index is 2.05. The minimum atomic E-state index is -1.10. The molecule has 0 saturated heterocycles. The highest BCUT2D eigenvalue weighted by molar-refractivity contribution is 7.17. The molecule has 3 heterocycles. The van der Waals surface area contributed by atoms with Crippen molar-refractivity contribution in [2.24, 2.45) is 0 Å². The smallest absolute Gasteiger partial charge is 0.345 e. The number of thiazole rings is 1. The molecule has 0 amide bonds. The minimum absolute atomic E-state index is 0.209. The summed E-state index contributed by atoms with van der Waals surface area (Å²) in [6.45, 7) is 1.58. The van der Waals surface area contributed by atoms with E-state index >= 15 is 0 Å². The highest BCUT2D eigenvalue weighted by Crippen LogP contribution is 2.45. The van der Waals surface area contributed by atoms with E-state index in [2.05, 4.69) is 4.98 Å². The summed E-state index contributed by atoms with van der Waals surface area (Å²) < 4.78 is 34.2. The lowest BCUT2D eigenvalue weighted by Gasteiger charge is -2.10. The Kier molecular flexibility index (Phi) is 4.78. The fourth-order valence-corrected chi connectivity index (χ4v) is 3.75. The molecule has 0 bridgehead atoms. The zero-order valence-corrected chi connectivity index (χ0v) is 16.3. The Hall–Kier alpha value is -4.06. The summed E-state index contributed by atoms with van der Waals surface area (Å²) in [7, 11) is 0. The van der Waals surface area contributed by atoms with E-state index < -0.39 is 44.5 Å². The first kappa shape index (κ1) is 20.2. The van der Waals surface area contributed by atoms with Gasteiger partial charge in [0, 0.05) is 11.6 Å². The molecule has 9 nitrogen and oxygen atoms in total. The highest BCUT2D eigenvalue weighted by Gasteiger charge is 2.33. The van der Waals surface area contributed by atoms with E-state index in [1.165, 1.54) is 12.1 Å². The summed E-state index contributed by atoms with van der Waals surface area (Å²) in [5.41, 5.74) is -1.28. The number of carbonyl (C=O) groups is 1. The van der Waals surface area contributed by atoms with E-state index in [0.717, 1.165) is 22.9 Å². The number of benzene rings is 1. The van der Waals surface area contributed by atoms with E-state index in [-0.39, 0.29) is 22.1 Å². The number of hydrogen-bond donors (Lipinski definition) is 2. The van der Waals surface area contributed by atoms with Gasteiger partial charge in [-0.1, -0.05) is 0 Å². The average Bonchev–Trinajstić information content (AvgIpc) is 3.41. The molecule has 0 fully saturated rings. The molecule has 0 aliphatic carbocycles. The third-order valence-electron chi connectivity index (χ3n) is 4.35. The second-order valence-corrected chi connectivity index (χ2v) is 7.32. The maximum atomic E-state index is 14.7. The molecule has 31 heavy (non-hydrogen) atoms. The second-order valence-electron chi connectivity index (χ2n) is 6.33. The number of hydrogen-bond acceptors (Lipinski definition) is 8. The lowest BCUT2D eigenvalue weighted by atomic mass is 10.0. The van der Waals surface area contributed by atoms with Crippen molar-refractivity contribution in [2.45, 2.75) is 6.92 Å².